The van der Waals surface area contributed by atoms with Gasteiger partial charge in [0.1, 0.15) is 11.8 Å². The Kier molecular flexibility index (Phi) is 6.14. The third-order valence-corrected chi connectivity index (χ3v) is 6.09. The lowest BCUT2D eigenvalue weighted by Crippen LogP contribution is -2.39. The molecule has 2 unspecified atom stereocenters. The summed E-state index contributed by atoms with van der Waals surface area (Å²) in [5, 5.41) is 9.70. The van der Waals surface area contributed by atoms with Gasteiger partial charge in [-0.15, -0.1) is 11.3 Å². The summed E-state index contributed by atoms with van der Waals surface area (Å²) in [6.45, 7) is 0.675. The first-order valence-electron chi connectivity index (χ1n) is 8.53. The van der Waals surface area contributed by atoms with E-state index in [1.54, 1.807) is 27.4 Å². The SMILES string of the molecule is COc1cc(OC)c(C(c2ccc(Cl)s2)N2CCCC2C(=O)O)cc1OC. The molecular weight excluding hydrogens is 390 g/mol. The van der Waals surface area contributed by atoms with Crippen LogP contribution in [0.2, 0.25) is 4.34 Å². The van der Waals surface area contributed by atoms with Gasteiger partial charge < -0.3 is 19.3 Å². The molecule has 1 aliphatic heterocycles. The van der Waals surface area contributed by atoms with Gasteiger partial charge >= 0.3 is 5.97 Å². The molecule has 0 bridgehead atoms. The van der Waals surface area contributed by atoms with Crippen molar-refractivity contribution < 1.29 is 24.1 Å². The third kappa shape index (κ3) is 3.85. The number of carboxylic acids is 1. The monoisotopic (exact) mass is 411 g/mol. The van der Waals surface area contributed by atoms with Crippen LogP contribution in [0.5, 0.6) is 17.2 Å². The Bertz CT molecular complexity index is 824. The number of thiophene rings is 1. The van der Waals surface area contributed by atoms with Crippen LogP contribution < -0.4 is 14.2 Å². The van der Waals surface area contributed by atoms with Crippen molar-refractivity contribution in [3.05, 3.63) is 39.0 Å². The average molecular weight is 412 g/mol. The Morgan fingerprint density at radius 1 is 1.19 bits per heavy atom. The molecule has 0 radical (unpaired) electrons. The molecule has 1 aromatic heterocycles. The van der Waals surface area contributed by atoms with Gasteiger partial charge in [0.2, 0.25) is 0 Å². The largest absolute Gasteiger partial charge is 0.496 e. The van der Waals surface area contributed by atoms with E-state index in [0.29, 0.717) is 34.6 Å². The predicted octanol–water partition coefficient (Wildman–Crippen LogP) is 4.07. The zero-order chi connectivity index (χ0) is 19.6. The second-order valence-electron chi connectivity index (χ2n) is 6.23. The predicted molar refractivity (Wildman–Crippen MR) is 105 cm³/mol. The fourth-order valence-electron chi connectivity index (χ4n) is 3.60. The van der Waals surface area contributed by atoms with E-state index in [-0.39, 0.29) is 6.04 Å². The number of carbonyl (C=O) groups is 1. The van der Waals surface area contributed by atoms with E-state index in [4.69, 9.17) is 25.8 Å². The summed E-state index contributed by atoms with van der Waals surface area (Å²) in [7, 11) is 4.72. The van der Waals surface area contributed by atoms with Crippen molar-refractivity contribution in [2.45, 2.75) is 24.9 Å². The quantitative estimate of drug-likeness (QED) is 0.740. The van der Waals surface area contributed by atoms with Gasteiger partial charge in [-0.2, -0.15) is 0 Å². The number of ether oxygens (including phenoxy) is 3. The van der Waals surface area contributed by atoms with Gasteiger partial charge in [-0.1, -0.05) is 11.6 Å². The smallest absolute Gasteiger partial charge is 0.320 e. The number of hydrogen-bond acceptors (Lipinski definition) is 6. The molecule has 0 amide bonds. The minimum absolute atomic E-state index is 0.305. The maximum absolute atomic E-state index is 11.8. The van der Waals surface area contributed by atoms with Gasteiger partial charge in [0.05, 0.1) is 31.7 Å². The van der Waals surface area contributed by atoms with Crippen molar-refractivity contribution in [3.63, 3.8) is 0 Å². The summed E-state index contributed by atoms with van der Waals surface area (Å²) in [4.78, 5) is 14.8. The molecule has 1 N–H and O–H groups in total. The van der Waals surface area contributed by atoms with Crippen molar-refractivity contribution in [2.24, 2.45) is 0 Å². The number of hydrogen-bond donors (Lipinski definition) is 1. The number of likely N-dealkylation sites (tertiary alicyclic amines) is 1. The van der Waals surface area contributed by atoms with E-state index in [1.165, 1.54) is 11.3 Å². The van der Waals surface area contributed by atoms with Gasteiger partial charge in [0.15, 0.2) is 11.5 Å². The number of halogens is 1. The summed E-state index contributed by atoms with van der Waals surface area (Å²) in [5.41, 5.74) is 0.821. The second-order valence-corrected chi connectivity index (χ2v) is 7.97. The maximum Gasteiger partial charge on any atom is 0.320 e. The lowest BCUT2D eigenvalue weighted by molar-refractivity contribution is -0.142. The van der Waals surface area contributed by atoms with E-state index >= 15 is 0 Å². The first-order chi connectivity index (χ1) is 13.0. The van der Waals surface area contributed by atoms with Crippen molar-refractivity contribution in [3.8, 4) is 17.2 Å². The standard InChI is InChI=1S/C19H22ClNO5S/c1-24-13-10-15(26-3)14(25-2)9-11(13)18(16-6-7-17(20)27-16)21-8-4-5-12(21)19(22)23/h6-7,9-10,12,18H,4-5,8H2,1-3H3,(H,22,23). The van der Waals surface area contributed by atoms with Crippen molar-refractivity contribution in [1.29, 1.82) is 0 Å². The Morgan fingerprint density at radius 3 is 2.41 bits per heavy atom. The molecule has 27 heavy (non-hydrogen) atoms. The fraction of sp³-hybridized carbons (Fsp3) is 0.421. The average Bonchev–Trinajstić information content (AvgIpc) is 3.31. The van der Waals surface area contributed by atoms with Crippen LogP contribution in [0.15, 0.2) is 24.3 Å². The van der Waals surface area contributed by atoms with Crippen LogP contribution in [-0.2, 0) is 4.79 Å². The van der Waals surface area contributed by atoms with Crippen LogP contribution in [0, 0.1) is 0 Å². The van der Waals surface area contributed by atoms with Gasteiger partial charge in [0.25, 0.3) is 0 Å². The van der Waals surface area contributed by atoms with E-state index < -0.39 is 12.0 Å². The van der Waals surface area contributed by atoms with Gasteiger partial charge in [-0.25, -0.2) is 0 Å². The minimum Gasteiger partial charge on any atom is -0.496 e. The van der Waals surface area contributed by atoms with E-state index in [9.17, 15) is 9.90 Å². The molecule has 3 rings (SSSR count). The Morgan fingerprint density at radius 2 is 1.85 bits per heavy atom. The second kappa shape index (κ2) is 8.37. The molecule has 0 spiro atoms. The molecule has 146 valence electrons. The molecule has 0 aliphatic carbocycles. The number of rotatable bonds is 7. The van der Waals surface area contributed by atoms with Crippen LogP contribution in [0.4, 0.5) is 0 Å². The Labute approximate surface area is 167 Å². The fourth-order valence-corrected chi connectivity index (χ4v) is 4.80. The highest BCUT2D eigenvalue weighted by Gasteiger charge is 2.39. The zero-order valence-electron chi connectivity index (χ0n) is 15.4. The molecule has 1 saturated heterocycles. The number of nitrogens with zero attached hydrogens (tertiary/aromatic N) is 1. The maximum atomic E-state index is 11.8. The molecule has 2 aromatic rings. The molecule has 1 aromatic carbocycles. The highest BCUT2D eigenvalue weighted by molar-refractivity contribution is 7.16. The lowest BCUT2D eigenvalue weighted by atomic mass is 10.00. The highest BCUT2D eigenvalue weighted by atomic mass is 35.5. The molecule has 2 heterocycles. The van der Waals surface area contributed by atoms with Crippen molar-refractivity contribution >= 4 is 28.9 Å². The first kappa shape index (κ1) is 19.8. The van der Waals surface area contributed by atoms with Gasteiger partial charge in [-0.05, 0) is 31.0 Å². The molecule has 8 heteroatoms. The van der Waals surface area contributed by atoms with Crippen LogP contribution in [-0.4, -0.2) is 49.9 Å². The Hall–Kier alpha value is -1.96. The first-order valence-corrected chi connectivity index (χ1v) is 9.73. The third-order valence-electron chi connectivity index (χ3n) is 4.80. The van der Waals surface area contributed by atoms with E-state index in [0.717, 1.165) is 16.9 Å². The summed E-state index contributed by atoms with van der Waals surface area (Å²) < 4.78 is 17.1. The molecule has 2 atom stereocenters. The van der Waals surface area contributed by atoms with Crippen LogP contribution >= 0.6 is 22.9 Å². The summed E-state index contributed by atoms with van der Waals surface area (Å²) in [6.07, 6.45) is 1.43. The van der Waals surface area contributed by atoms with Crippen LogP contribution in [0.3, 0.4) is 0 Å². The van der Waals surface area contributed by atoms with Crippen molar-refractivity contribution in [2.75, 3.05) is 27.9 Å². The summed E-state index contributed by atoms with van der Waals surface area (Å²) in [6, 6.07) is 6.52. The number of carboxylic acid groups (broad SMARTS) is 1. The molecule has 0 saturated carbocycles. The number of aliphatic carboxylic acids is 1. The molecule has 6 nitrogen and oxygen atoms in total. The Balaban J connectivity index is 2.17. The van der Waals surface area contributed by atoms with Gasteiger partial charge in [-0.3, -0.25) is 9.69 Å². The minimum atomic E-state index is -0.820. The summed E-state index contributed by atoms with van der Waals surface area (Å²) >= 11 is 7.62. The normalized spacial score (nSPS) is 18.3. The van der Waals surface area contributed by atoms with Gasteiger partial charge in [0, 0.05) is 23.1 Å². The van der Waals surface area contributed by atoms with Crippen molar-refractivity contribution in [1.82, 2.24) is 4.90 Å². The number of methoxy groups -OCH3 is 3. The molecule has 1 aliphatic rings. The summed E-state index contributed by atoms with van der Waals surface area (Å²) in [5.74, 6) is 0.905. The molecular formula is C19H22ClNO5S. The lowest BCUT2D eigenvalue weighted by Gasteiger charge is -2.32. The molecule has 1 fully saturated rings. The topological polar surface area (TPSA) is 68.2 Å². The number of benzene rings is 1. The van der Waals surface area contributed by atoms with Crippen LogP contribution in [0.1, 0.15) is 29.3 Å². The van der Waals surface area contributed by atoms with Crippen LogP contribution in [0.25, 0.3) is 0 Å². The van der Waals surface area contributed by atoms with E-state index in [2.05, 4.69) is 0 Å². The van der Waals surface area contributed by atoms with E-state index in [1.807, 2.05) is 23.1 Å². The highest BCUT2D eigenvalue weighted by Crippen LogP contribution is 2.45. The zero-order valence-corrected chi connectivity index (χ0v) is 17.0.